The van der Waals surface area contributed by atoms with Gasteiger partial charge in [-0.3, -0.25) is 0 Å². The molecule has 1 heterocycles. The molecule has 0 saturated heterocycles. The average Bonchev–Trinajstić information content (AvgIpc) is 2.65. The quantitative estimate of drug-likeness (QED) is 0.824. The molecule has 84 valence electrons. The molecule has 0 bridgehead atoms. The third-order valence-corrected chi connectivity index (χ3v) is 4.85. The van der Waals surface area contributed by atoms with E-state index in [-0.39, 0.29) is 6.10 Å². The van der Waals surface area contributed by atoms with Crippen molar-refractivity contribution in [3.63, 3.8) is 0 Å². The van der Waals surface area contributed by atoms with Crippen molar-refractivity contribution < 1.29 is 5.11 Å². The number of halogens is 1. The highest BCUT2D eigenvalue weighted by atomic mass is 35.5. The normalized spacial score (nSPS) is 29.0. The fourth-order valence-electron chi connectivity index (χ4n) is 2.33. The molecular weight excluding hydrogens is 228 g/mol. The van der Waals surface area contributed by atoms with Gasteiger partial charge in [0.25, 0.3) is 0 Å². The molecule has 3 heteroatoms. The van der Waals surface area contributed by atoms with Crippen LogP contribution in [0.3, 0.4) is 0 Å². The van der Waals surface area contributed by atoms with Gasteiger partial charge in [0.2, 0.25) is 0 Å². The molecule has 1 aromatic rings. The monoisotopic (exact) mass is 244 g/mol. The summed E-state index contributed by atoms with van der Waals surface area (Å²) in [6.07, 6.45) is 4.41. The Morgan fingerprint density at radius 3 is 2.60 bits per heavy atom. The van der Waals surface area contributed by atoms with Crippen molar-refractivity contribution in [2.75, 3.05) is 0 Å². The Kier molecular flexibility index (Phi) is 3.70. The maximum atomic E-state index is 10.2. The van der Waals surface area contributed by atoms with Gasteiger partial charge in [-0.2, -0.15) is 0 Å². The lowest BCUT2D eigenvalue weighted by atomic mass is 9.80. The van der Waals surface area contributed by atoms with Gasteiger partial charge in [-0.1, -0.05) is 31.4 Å². The van der Waals surface area contributed by atoms with E-state index in [1.54, 1.807) is 11.3 Å². The van der Waals surface area contributed by atoms with Crippen LogP contribution < -0.4 is 0 Å². The molecule has 15 heavy (non-hydrogen) atoms. The third-order valence-electron chi connectivity index (χ3n) is 3.42. The third kappa shape index (κ3) is 2.55. The first-order chi connectivity index (χ1) is 7.18. The fraction of sp³-hybridized carbons (Fsp3) is 0.667. The summed E-state index contributed by atoms with van der Waals surface area (Å²) < 4.78 is 0. The summed E-state index contributed by atoms with van der Waals surface area (Å²) >= 11 is 7.60. The Morgan fingerprint density at radius 1 is 1.40 bits per heavy atom. The SMILES string of the molecule is CC1CCC(C(O)c2sccc2Cl)CC1. The van der Waals surface area contributed by atoms with E-state index in [9.17, 15) is 5.11 Å². The lowest BCUT2D eigenvalue weighted by Crippen LogP contribution is -2.18. The van der Waals surface area contributed by atoms with E-state index >= 15 is 0 Å². The van der Waals surface area contributed by atoms with Gasteiger partial charge in [-0.05, 0) is 36.1 Å². The lowest BCUT2D eigenvalue weighted by molar-refractivity contribution is 0.0785. The summed E-state index contributed by atoms with van der Waals surface area (Å²) in [7, 11) is 0. The summed E-state index contributed by atoms with van der Waals surface area (Å²) in [6.45, 7) is 2.29. The summed E-state index contributed by atoms with van der Waals surface area (Å²) in [4.78, 5) is 0.955. The highest BCUT2D eigenvalue weighted by Crippen LogP contribution is 2.40. The number of hydrogen-bond donors (Lipinski definition) is 1. The number of aliphatic hydroxyl groups excluding tert-OH is 1. The molecule has 0 aliphatic heterocycles. The molecule has 0 amide bonds. The van der Waals surface area contributed by atoms with Gasteiger partial charge < -0.3 is 5.11 Å². The van der Waals surface area contributed by atoms with Gasteiger partial charge in [0, 0.05) is 0 Å². The van der Waals surface area contributed by atoms with Gasteiger partial charge >= 0.3 is 0 Å². The zero-order chi connectivity index (χ0) is 10.8. The van der Waals surface area contributed by atoms with Crippen molar-refractivity contribution in [2.24, 2.45) is 11.8 Å². The molecule has 1 nitrogen and oxygen atoms in total. The van der Waals surface area contributed by atoms with E-state index < -0.39 is 0 Å². The predicted molar refractivity (Wildman–Crippen MR) is 65.4 cm³/mol. The second-order valence-corrected chi connectivity index (χ2v) is 5.95. The van der Waals surface area contributed by atoms with Crippen LogP contribution in [-0.2, 0) is 0 Å². The molecule has 0 radical (unpaired) electrons. The van der Waals surface area contributed by atoms with Crippen LogP contribution in [0.2, 0.25) is 5.02 Å². The van der Waals surface area contributed by atoms with Gasteiger partial charge in [0.1, 0.15) is 0 Å². The first kappa shape index (κ1) is 11.4. The Labute approximate surface area is 100 Å². The van der Waals surface area contributed by atoms with Gasteiger partial charge in [-0.15, -0.1) is 11.3 Å². The standard InChI is InChI=1S/C12H17ClOS/c1-8-2-4-9(5-3-8)11(14)12-10(13)6-7-15-12/h6-9,11,14H,2-5H2,1H3. The highest BCUT2D eigenvalue weighted by Gasteiger charge is 2.27. The van der Waals surface area contributed by atoms with Crippen LogP contribution >= 0.6 is 22.9 Å². The Morgan fingerprint density at radius 2 is 2.07 bits per heavy atom. The molecule has 1 N–H and O–H groups in total. The molecule has 1 aromatic heterocycles. The number of rotatable bonds is 2. The molecule has 0 spiro atoms. The molecule has 1 unspecified atom stereocenters. The van der Waals surface area contributed by atoms with Crippen molar-refractivity contribution >= 4 is 22.9 Å². The van der Waals surface area contributed by atoms with Crippen LogP contribution in [0.4, 0.5) is 0 Å². The maximum absolute atomic E-state index is 10.2. The fourth-order valence-corrected chi connectivity index (χ4v) is 3.58. The largest absolute Gasteiger partial charge is 0.387 e. The smallest absolute Gasteiger partial charge is 0.0924 e. The second kappa shape index (κ2) is 4.86. The van der Waals surface area contributed by atoms with Crippen LogP contribution in [0, 0.1) is 11.8 Å². The predicted octanol–water partition coefficient (Wildman–Crippen LogP) is 4.26. The lowest BCUT2D eigenvalue weighted by Gasteiger charge is -2.29. The Hall–Kier alpha value is -0.0500. The van der Waals surface area contributed by atoms with Crippen molar-refractivity contribution in [3.8, 4) is 0 Å². The van der Waals surface area contributed by atoms with E-state index in [0.717, 1.165) is 28.7 Å². The van der Waals surface area contributed by atoms with Crippen molar-refractivity contribution in [2.45, 2.75) is 38.7 Å². The summed E-state index contributed by atoms with van der Waals surface area (Å²) in [5.74, 6) is 1.24. The molecule has 0 aromatic carbocycles. The highest BCUT2D eigenvalue weighted by molar-refractivity contribution is 7.10. The minimum Gasteiger partial charge on any atom is -0.387 e. The van der Waals surface area contributed by atoms with Gasteiger partial charge in [0.05, 0.1) is 16.0 Å². The van der Waals surface area contributed by atoms with Gasteiger partial charge in [0.15, 0.2) is 0 Å². The second-order valence-electron chi connectivity index (χ2n) is 4.60. The Balaban J connectivity index is 2.02. The van der Waals surface area contributed by atoms with Crippen molar-refractivity contribution in [1.29, 1.82) is 0 Å². The van der Waals surface area contributed by atoms with E-state index in [0.29, 0.717) is 5.92 Å². The zero-order valence-electron chi connectivity index (χ0n) is 8.95. The number of aliphatic hydroxyl groups is 1. The first-order valence-electron chi connectivity index (χ1n) is 5.59. The van der Waals surface area contributed by atoms with Crippen molar-refractivity contribution in [3.05, 3.63) is 21.3 Å². The molecule has 1 aliphatic rings. The molecular formula is C12H17ClOS. The van der Waals surface area contributed by atoms with E-state index in [4.69, 9.17) is 11.6 Å². The van der Waals surface area contributed by atoms with Crippen LogP contribution in [0.15, 0.2) is 11.4 Å². The maximum Gasteiger partial charge on any atom is 0.0924 e. The van der Waals surface area contributed by atoms with E-state index in [1.165, 1.54) is 12.8 Å². The average molecular weight is 245 g/mol. The first-order valence-corrected chi connectivity index (χ1v) is 6.85. The minimum absolute atomic E-state index is 0.343. The van der Waals surface area contributed by atoms with Crippen LogP contribution in [0.25, 0.3) is 0 Å². The molecule has 1 saturated carbocycles. The number of hydrogen-bond acceptors (Lipinski definition) is 2. The molecule has 1 fully saturated rings. The zero-order valence-corrected chi connectivity index (χ0v) is 10.5. The molecule has 2 rings (SSSR count). The summed E-state index contributed by atoms with van der Waals surface area (Å²) in [5, 5.41) is 12.9. The van der Waals surface area contributed by atoms with Crippen LogP contribution in [0.1, 0.15) is 43.6 Å². The van der Waals surface area contributed by atoms with Crippen LogP contribution in [0.5, 0.6) is 0 Å². The number of thiophene rings is 1. The Bertz CT molecular complexity index is 315. The molecule has 1 atom stereocenters. The van der Waals surface area contributed by atoms with Gasteiger partial charge in [-0.25, -0.2) is 0 Å². The minimum atomic E-state index is -0.343. The topological polar surface area (TPSA) is 20.2 Å². The van der Waals surface area contributed by atoms with E-state index in [1.807, 2.05) is 11.4 Å². The van der Waals surface area contributed by atoms with E-state index in [2.05, 4.69) is 6.92 Å². The van der Waals surface area contributed by atoms with Crippen LogP contribution in [-0.4, -0.2) is 5.11 Å². The molecule has 1 aliphatic carbocycles. The summed E-state index contributed by atoms with van der Waals surface area (Å²) in [5.41, 5.74) is 0. The summed E-state index contributed by atoms with van der Waals surface area (Å²) in [6, 6.07) is 1.87. The van der Waals surface area contributed by atoms with Crippen molar-refractivity contribution in [1.82, 2.24) is 0 Å².